The van der Waals surface area contributed by atoms with Crippen molar-refractivity contribution in [1.82, 2.24) is 9.80 Å². The molecule has 3 amide bonds. The third-order valence-corrected chi connectivity index (χ3v) is 10.9. The molecule has 7 nitrogen and oxygen atoms in total. The number of carbonyl (C=O) groups excluding carboxylic acids is 3. The summed E-state index contributed by atoms with van der Waals surface area (Å²) in [6.07, 6.45) is 8.99. The van der Waals surface area contributed by atoms with Gasteiger partial charge in [-0.3, -0.25) is 14.4 Å². The van der Waals surface area contributed by atoms with Crippen LogP contribution in [-0.4, -0.2) is 80.9 Å². The van der Waals surface area contributed by atoms with E-state index < -0.39 is 27.4 Å². The Labute approximate surface area is 243 Å². The van der Waals surface area contributed by atoms with Gasteiger partial charge in [0.1, 0.15) is 6.04 Å². The number of hydrogen-bond donors (Lipinski definition) is 1. The maximum absolute atomic E-state index is 14.4. The van der Waals surface area contributed by atoms with Gasteiger partial charge in [0.2, 0.25) is 17.7 Å². The Morgan fingerprint density at radius 2 is 1.80 bits per heavy atom. The topological polar surface area (TPSA) is 81.2 Å². The largest absolute Gasteiger partial charge is 0.396 e. The van der Waals surface area contributed by atoms with E-state index in [0.29, 0.717) is 39.0 Å². The van der Waals surface area contributed by atoms with Crippen LogP contribution in [-0.2, 0) is 14.4 Å². The van der Waals surface area contributed by atoms with Crippen LogP contribution in [0.25, 0.3) is 0 Å². The monoisotopic (exact) mass is 567 g/mol. The molecule has 0 aromatic heterocycles. The van der Waals surface area contributed by atoms with Crippen molar-refractivity contribution in [3.8, 4) is 0 Å². The summed E-state index contributed by atoms with van der Waals surface area (Å²) in [6, 6.07) is 8.96. The van der Waals surface area contributed by atoms with Gasteiger partial charge in [-0.1, -0.05) is 43.7 Å². The average molecular weight is 568 g/mol. The Morgan fingerprint density at radius 3 is 2.45 bits per heavy atom. The van der Waals surface area contributed by atoms with E-state index in [0.717, 1.165) is 37.8 Å². The molecule has 0 saturated carbocycles. The lowest BCUT2D eigenvalue weighted by Gasteiger charge is -2.38. The van der Waals surface area contributed by atoms with Crippen LogP contribution in [0.5, 0.6) is 0 Å². The molecule has 2 unspecified atom stereocenters. The Balaban J connectivity index is 1.74. The average Bonchev–Trinajstić information content (AvgIpc) is 3.52. The van der Waals surface area contributed by atoms with Crippen molar-refractivity contribution in [2.75, 3.05) is 37.7 Å². The van der Waals surface area contributed by atoms with E-state index in [2.05, 4.69) is 27.0 Å². The Kier molecular flexibility index (Phi) is 9.83. The van der Waals surface area contributed by atoms with Gasteiger partial charge in [0.05, 0.1) is 16.6 Å². The summed E-state index contributed by atoms with van der Waals surface area (Å²) in [4.78, 5) is 48.6. The number of rotatable bonds is 15. The number of para-hydroxylation sites is 1. The van der Waals surface area contributed by atoms with Crippen molar-refractivity contribution < 1.29 is 19.5 Å². The number of nitrogens with zero attached hydrogens (tertiary/aromatic N) is 3. The second kappa shape index (κ2) is 12.9. The van der Waals surface area contributed by atoms with Crippen molar-refractivity contribution >= 4 is 35.2 Å². The van der Waals surface area contributed by atoms with E-state index in [9.17, 15) is 19.5 Å². The van der Waals surface area contributed by atoms with Crippen LogP contribution in [0.1, 0.15) is 58.8 Å². The predicted molar refractivity (Wildman–Crippen MR) is 162 cm³/mol. The zero-order valence-electron chi connectivity index (χ0n) is 24.1. The highest BCUT2D eigenvalue weighted by atomic mass is 32.2. The number of likely N-dealkylation sites (tertiary alicyclic amines) is 1. The van der Waals surface area contributed by atoms with Crippen molar-refractivity contribution in [3.63, 3.8) is 0 Å². The van der Waals surface area contributed by atoms with Crippen LogP contribution in [0, 0.1) is 11.8 Å². The summed E-state index contributed by atoms with van der Waals surface area (Å²) < 4.78 is -1.07. The lowest BCUT2D eigenvalue weighted by atomic mass is 9.66. The SMILES string of the molecule is C=CCN(CCCC)C(=O)C1N(CCCCCO)C(=O)[C@@H]2[C@@H](C(=O)N(CC=C)c3ccccc3)[C@@]3(C)CCC12S3. The number of aliphatic hydroxyl groups is 1. The first kappa shape index (κ1) is 30.4. The van der Waals surface area contributed by atoms with Gasteiger partial charge in [0, 0.05) is 43.2 Å². The summed E-state index contributed by atoms with van der Waals surface area (Å²) >= 11 is 1.72. The number of aliphatic hydroxyl groups excluding tert-OH is 1. The molecule has 1 aromatic rings. The van der Waals surface area contributed by atoms with E-state index in [-0.39, 0.29) is 24.3 Å². The third kappa shape index (κ3) is 5.37. The molecule has 0 radical (unpaired) electrons. The predicted octanol–water partition coefficient (Wildman–Crippen LogP) is 4.66. The molecular formula is C32H45N3O4S. The Bertz CT molecular complexity index is 1100. The minimum absolute atomic E-state index is 0.0257. The number of benzene rings is 1. The van der Waals surface area contributed by atoms with Crippen LogP contribution in [0.4, 0.5) is 5.69 Å². The van der Waals surface area contributed by atoms with Crippen molar-refractivity contribution in [1.29, 1.82) is 0 Å². The molecule has 8 heteroatoms. The van der Waals surface area contributed by atoms with Gasteiger partial charge in [0.25, 0.3) is 0 Å². The van der Waals surface area contributed by atoms with Crippen LogP contribution >= 0.6 is 11.8 Å². The van der Waals surface area contributed by atoms with Gasteiger partial charge < -0.3 is 19.8 Å². The Morgan fingerprint density at radius 1 is 1.07 bits per heavy atom. The second-order valence-corrected chi connectivity index (χ2v) is 13.4. The number of fused-ring (bicyclic) bond motifs is 1. The molecule has 1 N–H and O–H groups in total. The molecule has 3 aliphatic rings. The molecule has 3 heterocycles. The number of hydrogen-bond acceptors (Lipinski definition) is 5. The van der Waals surface area contributed by atoms with Crippen LogP contribution in [0.15, 0.2) is 55.6 Å². The zero-order chi connectivity index (χ0) is 28.9. The molecule has 218 valence electrons. The molecule has 4 rings (SSSR count). The smallest absolute Gasteiger partial charge is 0.247 e. The lowest BCUT2D eigenvalue weighted by molar-refractivity contribution is -0.143. The first-order valence-corrected chi connectivity index (χ1v) is 15.6. The number of unbranched alkanes of at least 4 members (excludes halogenated alkanes) is 3. The number of amides is 3. The molecule has 40 heavy (non-hydrogen) atoms. The molecule has 3 aliphatic heterocycles. The molecule has 3 fully saturated rings. The minimum atomic E-state index is -0.637. The Hall–Kier alpha value is -2.58. The first-order chi connectivity index (χ1) is 19.3. The number of anilines is 1. The quantitative estimate of drug-likeness (QED) is 0.246. The van der Waals surface area contributed by atoms with Crippen molar-refractivity contribution in [2.45, 2.75) is 74.3 Å². The fraction of sp³-hybridized carbons (Fsp3) is 0.594. The van der Waals surface area contributed by atoms with Crippen molar-refractivity contribution in [3.05, 3.63) is 55.6 Å². The number of carbonyl (C=O) groups is 3. The van der Waals surface area contributed by atoms with E-state index >= 15 is 0 Å². The fourth-order valence-corrected chi connectivity index (χ4v) is 9.43. The molecule has 3 saturated heterocycles. The minimum Gasteiger partial charge on any atom is -0.396 e. The number of thioether (sulfide) groups is 1. The lowest BCUT2D eigenvalue weighted by Crippen LogP contribution is -2.55. The molecular weight excluding hydrogens is 522 g/mol. The van der Waals surface area contributed by atoms with Gasteiger partial charge >= 0.3 is 0 Å². The highest BCUT2D eigenvalue weighted by Gasteiger charge is 2.77. The fourth-order valence-electron chi connectivity index (χ4n) is 7.09. The van der Waals surface area contributed by atoms with E-state index in [1.807, 2.05) is 35.2 Å². The van der Waals surface area contributed by atoms with Gasteiger partial charge in [0.15, 0.2) is 0 Å². The van der Waals surface area contributed by atoms with Gasteiger partial charge in [-0.15, -0.1) is 24.9 Å². The first-order valence-electron chi connectivity index (χ1n) is 14.8. The summed E-state index contributed by atoms with van der Waals surface area (Å²) in [5.74, 6) is -1.24. The molecule has 5 atom stereocenters. The highest BCUT2D eigenvalue weighted by molar-refractivity contribution is 8.02. The van der Waals surface area contributed by atoms with Crippen LogP contribution < -0.4 is 4.90 Å². The zero-order valence-corrected chi connectivity index (χ0v) is 24.9. The van der Waals surface area contributed by atoms with E-state index in [1.54, 1.807) is 33.7 Å². The van der Waals surface area contributed by atoms with E-state index in [4.69, 9.17) is 0 Å². The second-order valence-electron chi connectivity index (χ2n) is 11.5. The summed E-state index contributed by atoms with van der Waals surface area (Å²) in [7, 11) is 0. The van der Waals surface area contributed by atoms with Gasteiger partial charge in [-0.2, -0.15) is 0 Å². The van der Waals surface area contributed by atoms with Gasteiger partial charge in [-0.05, 0) is 57.6 Å². The molecule has 1 aromatic carbocycles. The summed E-state index contributed by atoms with van der Waals surface area (Å²) in [5.41, 5.74) is 0.786. The molecule has 1 spiro atoms. The molecule has 0 aliphatic carbocycles. The summed E-state index contributed by atoms with van der Waals surface area (Å²) in [5, 5.41) is 9.29. The van der Waals surface area contributed by atoms with E-state index in [1.165, 1.54) is 0 Å². The van der Waals surface area contributed by atoms with Crippen LogP contribution in [0.2, 0.25) is 0 Å². The maximum atomic E-state index is 14.4. The van der Waals surface area contributed by atoms with Crippen LogP contribution in [0.3, 0.4) is 0 Å². The van der Waals surface area contributed by atoms with Gasteiger partial charge in [-0.25, -0.2) is 0 Å². The normalized spacial score (nSPS) is 28.4. The highest BCUT2D eigenvalue weighted by Crippen LogP contribution is 2.71. The molecule has 2 bridgehead atoms. The van der Waals surface area contributed by atoms with Crippen molar-refractivity contribution in [2.24, 2.45) is 11.8 Å². The maximum Gasteiger partial charge on any atom is 0.247 e. The summed E-state index contributed by atoms with van der Waals surface area (Å²) in [6.45, 7) is 14.0. The third-order valence-electron chi connectivity index (χ3n) is 8.92. The standard InChI is InChI=1S/C32H45N3O4S/c1-5-8-21-33(19-6-2)30(39)27-32-18-17-31(4,40-32)25(26(32)29(38)35(27)22-13-10-14-23-36)28(37)34(20-7-3)24-15-11-9-12-16-24/h6-7,9,11-12,15-16,25-27,36H,2-3,5,8,10,13-14,17-23H2,1,4H3/t25-,26-,27?,31+,32?/m0/s1.